The first-order chi connectivity index (χ1) is 17.6. The average molecular weight is 539 g/mol. The second kappa shape index (κ2) is 17.3. The molecule has 4 atom stereocenters. The summed E-state index contributed by atoms with van der Waals surface area (Å²) in [5.41, 5.74) is 17.4. The number of rotatable bonds is 18. The number of carboxylic acid groups (broad SMARTS) is 1. The molecule has 37 heavy (non-hydrogen) atoms. The Morgan fingerprint density at radius 2 is 1.49 bits per heavy atom. The zero-order valence-corrected chi connectivity index (χ0v) is 21.8. The minimum atomic E-state index is -1.44. The molecule has 12 nitrogen and oxygen atoms in total. The number of hydrogen-bond donors (Lipinski definition) is 7. The van der Waals surface area contributed by atoms with Crippen LogP contribution >= 0.6 is 11.8 Å². The molecule has 13 heteroatoms. The number of benzene rings is 1. The van der Waals surface area contributed by atoms with Crippen molar-refractivity contribution in [2.45, 2.75) is 62.7 Å². The smallest absolute Gasteiger partial charge is 0.326 e. The molecule has 1 aromatic carbocycles. The van der Waals surface area contributed by atoms with Crippen LogP contribution in [0.15, 0.2) is 30.3 Å². The molecule has 1 rings (SSSR count). The Morgan fingerprint density at radius 3 is 2.05 bits per heavy atom. The lowest BCUT2D eigenvalue weighted by Gasteiger charge is -2.25. The van der Waals surface area contributed by atoms with Gasteiger partial charge >= 0.3 is 5.97 Å². The third-order valence-electron chi connectivity index (χ3n) is 5.49. The number of unbranched alkanes of at least 4 members (excludes halogenated alkanes) is 1. The Morgan fingerprint density at radius 1 is 0.892 bits per heavy atom. The summed E-state index contributed by atoms with van der Waals surface area (Å²) in [4.78, 5) is 61.9. The van der Waals surface area contributed by atoms with Crippen molar-refractivity contribution in [1.82, 2.24) is 16.0 Å². The Hall–Kier alpha value is -3.16. The number of aliphatic carboxylic acids is 1. The number of carbonyl (C=O) groups is 5. The molecule has 0 bridgehead atoms. The van der Waals surface area contributed by atoms with Crippen LogP contribution in [0.4, 0.5) is 0 Å². The lowest BCUT2D eigenvalue weighted by atomic mass is 10.0. The van der Waals surface area contributed by atoms with E-state index in [-0.39, 0.29) is 12.8 Å². The highest BCUT2D eigenvalue weighted by molar-refractivity contribution is 7.98. The fourth-order valence-corrected chi connectivity index (χ4v) is 3.91. The van der Waals surface area contributed by atoms with Gasteiger partial charge in [-0.15, -0.1) is 0 Å². The normalized spacial score (nSPS) is 14.0. The van der Waals surface area contributed by atoms with E-state index in [0.717, 1.165) is 0 Å². The second-order valence-corrected chi connectivity index (χ2v) is 9.54. The maximum atomic E-state index is 13.1. The fraction of sp³-hybridized carbons (Fsp3) is 0.542. The van der Waals surface area contributed by atoms with E-state index in [9.17, 15) is 29.1 Å². The molecule has 4 amide bonds. The van der Waals surface area contributed by atoms with Crippen LogP contribution in [0.2, 0.25) is 0 Å². The number of amides is 4. The van der Waals surface area contributed by atoms with Crippen molar-refractivity contribution in [3.63, 3.8) is 0 Å². The summed E-state index contributed by atoms with van der Waals surface area (Å²) in [5, 5.41) is 17.0. The monoisotopic (exact) mass is 538 g/mol. The van der Waals surface area contributed by atoms with Gasteiger partial charge in [0.2, 0.25) is 23.6 Å². The lowest BCUT2D eigenvalue weighted by Crippen LogP contribution is -2.58. The van der Waals surface area contributed by atoms with Crippen LogP contribution in [-0.2, 0) is 30.4 Å². The number of thioether (sulfide) groups is 1. The molecule has 4 unspecified atom stereocenters. The maximum absolute atomic E-state index is 13.1. The van der Waals surface area contributed by atoms with E-state index in [1.165, 1.54) is 11.8 Å². The first-order valence-corrected chi connectivity index (χ1v) is 13.4. The van der Waals surface area contributed by atoms with E-state index < -0.39 is 60.2 Å². The van der Waals surface area contributed by atoms with Gasteiger partial charge in [0.25, 0.3) is 0 Å². The van der Waals surface area contributed by atoms with E-state index in [0.29, 0.717) is 37.1 Å². The van der Waals surface area contributed by atoms with Gasteiger partial charge in [-0.25, -0.2) is 4.79 Å². The standard InChI is InChI=1S/C24H38N6O6S/c1-37-12-10-16(26)21(32)28-17(9-5-6-11-25)22(33)29-18(14-20(27)31)23(34)30-19(24(35)36)13-15-7-3-2-4-8-15/h2-4,7-8,16-19H,5-6,9-14,25-26H2,1H3,(H2,27,31)(H,28,32)(H,29,33)(H,30,34)(H,35,36). The van der Waals surface area contributed by atoms with Gasteiger partial charge in [0.05, 0.1) is 12.5 Å². The Balaban J connectivity index is 2.98. The van der Waals surface area contributed by atoms with Gasteiger partial charge in [0, 0.05) is 6.42 Å². The van der Waals surface area contributed by atoms with Crippen molar-refractivity contribution in [2.24, 2.45) is 17.2 Å². The SMILES string of the molecule is CSCCC(N)C(=O)NC(CCCCN)C(=O)NC(CC(N)=O)C(=O)NC(Cc1ccccc1)C(=O)O. The first kappa shape index (κ1) is 31.9. The molecule has 206 valence electrons. The fourth-order valence-electron chi connectivity index (χ4n) is 3.42. The number of carbonyl (C=O) groups excluding carboxylic acids is 4. The predicted molar refractivity (Wildman–Crippen MR) is 141 cm³/mol. The third kappa shape index (κ3) is 12.6. The van der Waals surface area contributed by atoms with E-state index >= 15 is 0 Å². The summed E-state index contributed by atoms with van der Waals surface area (Å²) in [6.45, 7) is 0.389. The van der Waals surface area contributed by atoms with E-state index in [1.807, 2.05) is 6.26 Å². The molecule has 10 N–H and O–H groups in total. The van der Waals surface area contributed by atoms with Crippen LogP contribution in [-0.4, -0.2) is 77.4 Å². The summed E-state index contributed by atoms with van der Waals surface area (Å²) in [6.07, 6.45) is 3.06. The quantitative estimate of drug-likeness (QED) is 0.112. The molecule has 0 aliphatic heterocycles. The Bertz CT molecular complexity index is 903. The third-order valence-corrected chi connectivity index (χ3v) is 6.13. The number of nitrogens with one attached hydrogen (secondary N) is 3. The summed E-state index contributed by atoms with van der Waals surface area (Å²) in [7, 11) is 0. The molecule has 0 heterocycles. The molecular weight excluding hydrogens is 500 g/mol. The molecule has 0 saturated heterocycles. The van der Waals surface area contributed by atoms with Gasteiger partial charge < -0.3 is 38.3 Å². The van der Waals surface area contributed by atoms with E-state index in [4.69, 9.17) is 17.2 Å². The highest BCUT2D eigenvalue weighted by Gasteiger charge is 2.31. The minimum Gasteiger partial charge on any atom is -0.480 e. The average Bonchev–Trinajstić information content (AvgIpc) is 2.85. The maximum Gasteiger partial charge on any atom is 0.326 e. The van der Waals surface area contributed by atoms with Crippen molar-refractivity contribution in [1.29, 1.82) is 0 Å². The van der Waals surface area contributed by atoms with Crippen LogP contribution < -0.4 is 33.2 Å². The second-order valence-electron chi connectivity index (χ2n) is 8.55. The number of carboxylic acids is 1. The van der Waals surface area contributed by atoms with E-state index in [2.05, 4.69) is 16.0 Å². The van der Waals surface area contributed by atoms with Crippen LogP contribution in [0, 0.1) is 0 Å². The molecule has 0 aliphatic carbocycles. The van der Waals surface area contributed by atoms with Crippen LogP contribution in [0.25, 0.3) is 0 Å². The minimum absolute atomic E-state index is 0.00907. The summed E-state index contributed by atoms with van der Waals surface area (Å²) >= 11 is 1.53. The van der Waals surface area contributed by atoms with Crippen LogP contribution in [0.5, 0.6) is 0 Å². The molecule has 1 aromatic rings. The highest BCUT2D eigenvalue weighted by atomic mass is 32.2. The van der Waals surface area contributed by atoms with Crippen LogP contribution in [0.1, 0.15) is 37.7 Å². The zero-order valence-electron chi connectivity index (χ0n) is 21.0. The Labute approximate surface area is 220 Å². The van der Waals surface area contributed by atoms with Gasteiger partial charge in [0.15, 0.2) is 0 Å². The van der Waals surface area contributed by atoms with Crippen LogP contribution in [0.3, 0.4) is 0 Å². The van der Waals surface area contributed by atoms with Crippen molar-refractivity contribution < 1.29 is 29.1 Å². The molecule has 0 spiro atoms. The van der Waals surface area contributed by atoms with Gasteiger partial charge in [0.1, 0.15) is 18.1 Å². The lowest BCUT2D eigenvalue weighted by molar-refractivity contribution is -0.142. The molecule has 0 saturated carbocycles. The summed E-state index contributed by atoms with van der Waals surface area (Å²) in [6, 6.07) is 4.05. The first-order valence-electron chi connectivity index (χ1n) is 12.0. The summed E-state index contributed by atoms with van der Waals surface area (Å²) in [5.74, 6) is -3.64. The van der Waals surface area contributed by atoms with Crippen molar-refractivity contribution in [3.8, 4) is 0 Å². The largest absolute Gasteiger partial charge is 0.480 e. The molecule has 0 aliphatic rings. The Kier molecular flexibility index (Phi) is 14.9. The number of hydrogen-bond acceptors (Lipinski definition) is 8. The molecule has 0 aromatic heterocycles. The summed E-state index contributed by atoms with van der Waals surface area (Å²) < 4.78 is 0. The molecule has 0 fully saturated rings. The number of primary amides is 1. The molecular formula is C24H38N6O6S. The van der Waals surface area contributed by atoms with E-state index in [1.54, 1.807) is 30.3 Å². The van der Waals surface area contributed by atoms with Gasteiger partial charge in [-0.05, 0) is 49.8 Å². The van der Waals surface area contributed by atoms with Crippen molar-refractivity contribution in [3.05, 3.63) is 35.9 Å². The predicted octanol–water partition coefficient (Wildman–Crippen LogP) is -1.15. The number of nitrogens with two attached hydrogens (primary N) is 3. The topological polar surface area (TPSA) is 220 Å². The van der Waals surface area contributed by atoms with Gasteiger partial charge in [-0.2, -0.15) is 11.8 Å². The highest BCUT2D eigenvalue weighted by Crippen LogP contribution is 2.07. The van der Waals surface area contributed by atoms with Gasteiger partial charge in [-0.1, -0.05) is 30.3 Å². The molecule has 0 radical (unpaired) electrons. The van der Waals surface area contributed by atoms with Gasteiger partial charge in [-0.3, -0.25) is 19.2 Å². The van der Waals surface area contributed by atoms with Crippen molar-refractivity contribution >= 4 is 41.4 Å². The van der Waals surface area contributed by atoms with Crippen molar-refractivity contribution in [2.75, 3.05) is 18.6 Å². The zero-order chi connectivity index (χ0) is 27.8.